The predicted molar refractivity (Wildman–Crippen MR) is 57.9 cm³/mol. The minimum atomic E-state index is -0.299. The van der Waals surface area contributed by atoms with E-state index in [1.807, 2.05) is 17.7 Å². The molecule has 0 aliphatic carbocycles. The Labute approximate surface area is 89.4 Å². The molecule has 0 aromatic carbocycles. The smallest absolute Gasteiger partial charge is 0.325 e. The molecule has 1 rings (SSSR count). The third-order valence-electron chi connectivity index (χ3n) is 2.05. The van der Waals surface area contributed by atoms with Gasteiger partial charge in [0.1, 0.15) is 12.4 Å². The number of hydrogen-bond acceptors (Lipinski definition) is 4. The minimum absolute atomic E-state index is 0.144. The molecule has 1 N–H and O–H groups in total. The van der Waals surface area contributed by atoms with Gasteiger partial charge in [0.05, 0.1) is 7.11 Å². The number of anilines is 1. The summed E-state index contributed by atoms with van der Waals surface area (Å²) in [6.07, 6.45) is 0. The summed E-state index contributed by atoms with van der Waals surface area (Å²) < 4.78 is 6.42. The van der Waals surface area contributed by atoms with Crippen molar-refractivity contribution in [3.8, 4) is 0 Å². The first-order chi connectivity index (χ1) is 7.04. The maximum atomic E-state index is 10.9. The van der Waals surface area contributed by atoms with Crippen molar-refractivity contribution >= 4 is 11.8 Å². The quantitative estimate of drug-likeness (QED) is 0.764. The molecule has 0 saturated heterocycles. The number of rotatable bonds is 4. The number of carbonyl (C=O) groups is 1. The maximum absolute atomic E-state index is 10.9. The average Bonchev–Trinajstić information content (AvgIpc) is 2.56. The van der Waals surface area contributed by atoms with Crippen LogP contribution in [0.15, 0.2) is 6.07 Å². The van der Waals surface area contributed by atoms with Gasteiger partial charge in [0.25, 0.3) is 0 Å². The lowest BCUT2D eigenvalue weighted by molar-refractivity contribution is -0.138. The highest BCUT2D eigenvalue weighted by atomic mass is 16.5. The van der Waals surface area contributed by atoms with Crippen LogP contribution in [0.3, 0.4) is 0 Å². The van der Waals surface area contributed by atoms with Crippen molar-refractivity contribution in [3.63, 3.8) is 0 Å². The van der Waals surface area contributed by atoms with Crippen molar-refractivity contribution in [2.45, 2.75) is 26.8 Å². The highest BCUT2D eigenvalue weighted by molar-refractivity contribution is 5.74. The van der Waals surface area contributed by atoms with Crippen molar-refractivity contribution in [2.75, 3.05) is 19.0 Å². The molecule has 0 amide bonds. The zero-order valence-corrected chi connectivity index (χ0v) is 9.57. The molecule has 0 bridgehead atoms. The molecule has 1 aromatic rings. The molecular weight excluding hydrogens is 194 g/mol. The second-order valence-corrected chi connectivity index (χ2v) is 3.64. The van der Waals surface area contributed by atoms with E-state index in [1.54, 1.807) is 0 Å². The lowest BCUT2D eigenvalue weighted by atomic mass is 10.4. The van der Waals surface area contributed by atoms with Crippen molar-refractivity contribution in [3.05, 3.63) is 11.8 Å². The van der Waals surface area contributed by atoms with Gasteiger partial charge in [-0.05, 0) is 20.8 Å². The lowest BCUT2D eigenvalue weighted by Gasteiger charge is -2.07. The Morgan fingerprint density at radius 2 is 2.33 bits per heavy atom. The Hall–Kier alpha value is -1.52. The second kappa shape index (κ2) is 4.82. The topological polar surface area (TPSA) is 56.1 Å². The molecule has 15 heavy (non-hydrogen) atoms. The summed E-state index contributed by atoms with van der Waals surface area (Å²) in [6.45, 7) is 6.25. The van der Waals surface area contributed by atoms with Gasteiger partial charge >= 0.3 is 5.97 Å². The number of nitrogens with one attached hydrogen (secondary N) is 1. The molecule has 0 aliphatic rings. The number of carbonyl (C=O) groups excluding carboxylic acids is 1. The second-order valence-electron chi connectivity index (χ2n) is 3.64. The van der Waals surface area contributed by atoms with Crippen LogP contribution in [0.4, 0.5) is 5.82 Å². The van der Waals surface area contributed by atoms with Crippen LogP contribution in [0, 0.1) is 6.92 Å². The van der Waals surface area contributed by atoms with Crippen LogP contribution in [0.5, 0.6) is 0 Å². The standard InChI is InChI=1S/C10H17N3O2/c1-7(2)13-8(3)5-9(12-13)11-6-10(14)15-4/h5,7H,6H2,1-4H3,(H,11,12). The zero-order chi connectivity index (χ0) is 11.4. The van der Waals surface area contributed by atoms with E-state index in [1.165, 1.54) is 7.11 Å². The molecule has 84 valence electrons. The van der Waals surface area contributed by atoms with Crippen LogP contribution in [-0.2, 0) is 9.53 Å². The summed E-state index contributed by atoms with van der Waals surface area (Å²) in [6, 6.07) is 2.22. The van der Waals surface area contributed by atoms with Crippen molar-refractivity contribution < 1.29 is 9.53 Å². The molecule has 5 nitrogen and oxygen atoms in total. The van der Waals surface area contributed by atoms with Gasteiger partial charge in [-0.2, -0.15) is 5.10 Å². The number of nitrogens with zero attached hydrogens (tertiary/aromatic N) is 2. The number of hydrogen-bond donors (Lipinski definition) is 1. The Kier molecular flexibility index (Phi) is 3.71. The van der Waals surface area contributed by atoms with Gasteiger partial charge < -0.3 is 10.1 Å². The number of aryl methyl sites for hydroxylation is 1. The SMILES string of the molecule is COC(=O)CNc1cc(C)n(C(C)C)n1. The zero-order valence-electron chi connectivity index (χ0n) is 9.57. The fraction of sp³-hybridized carbons (Fsp3) is 0.600. The molecule has 0 aliphatic heterocycles. The largest absolute Gasteiger partial charge is 0.468 e. The molecule has 0 saturated carbocycles. The first-order valence-corrected chi connectivity index (χ1v) is 4.91. The Morgan fingerprint density at radius 1 is 1.67 bits per heavy atom. The van der Waals surface area contributed by atoms with E-state index in [2.05, 4.69) is 29.0 Å². The van der Waals surface area contributed by atoms with Gasteiger partial charge in [0, 0.05) is 17.8 Å². The summed E-state index contributed by atoms with van der Waals surface area (Å²) >= 11 is 0. The monoisotopic (exact) mass is 211 g/mol. The molecule has 1 aromatic heterocycles. The molecule has 0 spiro atoms. The highest BCUT2D eigenvalue weighted by Crippen LogP contribution is 2.13. The van der Waals surface area contributed by atoms with Crippen LogP contribution in [0.2, 0.25) is 0 Å². The van der Waals surface area contributed by atoms with Gasteiger partial charge in [0.15, 0.2) is 0 Å². The van der Waals surface area contributed by atoms with E-state index in [4.69, 9.17) is 0 Å². The maximum Gasteiger partial charge on any atom is 0.325 e. The molecule has 1 heterocycles. The Morgan fingerprint density at radius 3 is 2.80 bits per heavy atom. The van der Waals surface area contributed by atoms with E-state index >= 15 is 0 Å². The molecule has 5 heteroatoms. The molecular formula is C10H17N3O2. The van der Waals surface area contributed by atoms with Crippen LogP contribution in [-0.4, -0.2) is 29.4 Å². The van der Waals surface area contributed by atoms with Gasteiger partial charge in [-0.25, -0.2) is 0 Å². The minimum Gasteiger partial charge on any atom is -0.468 e. The fourth-order valence-electron chi connectivity index (χ4n) is 1.33. The normalized spacial score (nSPS) is 10.5. The van der Waals surface area contributed by atoms with Gasteiger partial charge in [-0.1, -0.05) is 0 Å². The van der Waals surface area contributed by atoms with Crippen LogP contribution in [0.25, 0.3) is 0 Å². The molecule has 0 unspecified atom stereocenters. The van der Waals surface area contributed by atoms with Gasteiger partial charge in [-0.15, -0.1) is 0 Å². The van der Waals surface area contributed by atoms with E-state index < -0.39 is 0 Å². The van der Waals surface area contributed by atoms with Crippen molar-refractivity contribution in [2.24, 2.45) is 0 Å². The third-order valence-corrected chi connectivity index (χ3v) is 2.05. The fourth-order valence-corrected chi connectivity index (χ4v) is 1.33. The molecule has 0 radical (unpaired) electrons. The lowest BCUT2D eigenvalue weighted by Crippen LogP contribution is -2.15. The predicted octanol–water partition coefficient (Wildman–Crippen LogP) is 1.36. The Bertz CT molecular complexity index is 344. The van der Waals surface area contributed by atoms with Crippen LogP contribution >= 0.6 is 0 Å². The Balaban J connectivity index is 2.63. The number of aromatic nitrogens is 2. The van der Waals surface area contributed by atoms with Gasteiger partial charge in [0.2, 0.25) is 0 Å². The summed E-state index contributed by atoms with van der Waals surface area (Å²) in [7, 11) is 1.36. The van der Waals surface area contributed by atoms with Crippen molar-refractivity contribution in [1.82, 2.24) is 9.78 Å². The summed E-state index contributed by atoms with van der Waals surface area (Å²) in [5.41, 5.74) is 1.07. The summed E-state index contributed by atoms with van der Waals surface area (Å²) in [5.74, 6) is 0.401. The summed E-state index contributed by atoms with van der Waals surface area (Å²) in [5, 5.41) is 7.22. The van der Waals surface area contributed by atoms with E-state index in [0.717, 1.165) is 5.69 Å². The number of ether oxygens (including phenoxy) is 1. The average molecular weight is 211 g/mol. The van der Waals surface area contributed by atoms with Crippen LogP contribution in [0.1, 0.15) is 25.6 Å². The van der Waals surface area contributed by atoms with Crippen molar-refractivity contribution in [1.29, 1.82) is 0 Å². The number of esters is 1. The van der Waals surface area contributed by atoms with E-state index in [-0.39, 0.29) is 12.5 Å². The highest BCUT2D eigenvalue weighted by Gasteiger charge is 2.07. The first-order valence-electron chi connectivity index (χ1n) is 4.91. The first kappa shape index (κ1) is 11.6. The third kappa shape index (κ3) is 2.97. The van der Waals surface area contributed by atoms with Crippen LogP contribution < -0.4 is 5.32 Å². The summed E-state index contributed by atoms with van der Waals surface area (Å²) in [4.78, 5) is 10.9. The molecule has 0 fully saturated rings. The van der Waals surface area contributed by atoms with Gasteiger partial charge in [-0.3, -0.25) is 9.48 Å². The van der Waals surface area contributed by atoms with E-state index in [0.29, 0.717) is 11.9 Å². The number of methoxy groups -OCH3 is 1. The molecule has 0 atom stereocenters. The van der Waals surface area contributed by atoms with E-state index in [9.17, 15) is 4.79 Å².